The number of hydrogen-bond acceptors (Lipinski definition) is 7. The molecular weight excluding hydrogens is 250 g/mol. The van der Waals surface area contributed by atoms with Crippen molar-refractivity contribution in [2.45, 2.75) is 19.4 Å². The molecule has 0 aromatic carbocycles. The number of nitrogen functional groups attached to an aromatic ring is 1. The summed E-state index contributed by atoms with van der Waals surface area (Å²) in [4.78, 5) is 13.2. The molecule has 0 saturated heterocycles. The molecule has 0 aliphatic rings. The number of methoxy groups -OCH3 is 1. The van der Waals surface area contributed by atoms with Gasteiger partial charge in [-0.25, -0.2) is 0 Å². The highest BCUT2D eigenvalue weighted by molar-refractivity contribution is 7.09. The Morgan fingerprint density at radius 3 is 2.94 bits per heavy atom. The standard InChI is InChI=1S/C11H15N5OS/c1-7(6-8-4-3-5-18-8)13-10-14-9(12)15-11(16-10)17-2/h3-5,7H,6H2,1-2H3,(H3,12,13,14,15,16). The van der Waals surface area contributed by atoms with E-state index in [-0.39, 0.29) is 18.0 Å². The first-order valence-electron chi connectivity index (χ1n) is 5.52. The maximum Gasteiger partial charge on any atom is 0.322 e. The molecule has 7 heteroatoms. The SMILES string of the molecule is COc1nc(N)nc(NC(C)Cc2cccs2)n1. The van der Waals surface area contributed by atoms with Gasteiger partial charge in [0, 0.05) is 17.3 Å². The topological polar surface area (TPSA) is 86.0 Å². The van der Waals surface area contributed by atoms with Gasteiger partial charge in [0.05, 0.1) is 7.11 Å². The first-order chi connectivity index (χ1) is 8.67. The van der Waals surface area contributed by atoms with E-state index in [4.69, 9.17) is 10.5 Å². The number of aromatic nitrogens is 3. The van der Waals surface area contributed by atoms with Gasteiger partial charge in [0.1, 0.15) is 0 Å². The quantitative estimate of drug-likeness (QED) is 0.853. The first kappa shape index (κ1) is 12.6. The molecule has 0 aliphatic carbocycles. The fraction of sp³-hybridized carbons (Fsp3) is 0.364. The molecule has 96 valence electrons. The van der Waals surface area contributed by atoms with E-state index >= 15 is 0 Å². The molecule has 2 aromatic heterocycles. The van der Waals surface area contributed by atoms with Gasteiger partial charge in [-0.1, -0.05) is 6.07 Å². The molecule has 2 heterocycles. The molecular formula is C11H15N5OS. The second kappa shape index (κ2) is 5.63. The Kier molecular flexibility index (Phi) is 3.93. The molecule has 18 heavy (non-hydrogen) atoms. The van der Waals surface area contributed by atoms with Gasteiger partial charge in [-0.3, -0.25) is 0 Å². The molecule has 2 aromatic rings. The Morgan fingerprint density at radius 2 is 2.28 bits per heavy atom. The van der Waals surface area contributed by atoms with Crippen LogP contribution < -0.4 is 15.8 Å². The molecule has 0 aliphatic heterocycles. The Labute approximate surface area is 109 Å². The summed E-state index contributed by atoms with van der Waals surface area (Å²) in [6, 6.07) is 4.56. The molecule has 0 fully saturated rings. The maximum absolute atomic E-state index is 5.57. The van der Waals surface area contributed by atoms with Crippen molar-refractivity contribution in [1.29, 1.82) is 0 Å². The largest absolute Gasteiger partial charge is 0.467 e. The van der Waals surface area contributed by atoms with Crippen LogP contribution in [-0.4, -0.2) is 28.1 Å². The van der Waals surface area contributed by atoms with Crippen LogP contribution in [0, 0.1) is 0 Å². The van der Waals surface area contributed by atoms with Crippen LogP contribution >= 0.6 is 11.3 Å². The molecule has 0 saturated carbocycles. The molecule has 3 N–H and O–H groups in total. The molecule has 0 bridgehead atoms. The number of nitrogens with two attached hydrogens (primary N) is 1. The number of nitrogens with zero attached hydrogens (tertiary/aromatic N) is 3. The number of rotatable bonds is 5. The van der Waals surface area contributed by atoms with E-state index in [2.05, 4.69) is 38.6 Å². The van der Waals surface area contributed by atoms with E-state index in [0.29, 0.717) is 5.95 Å². The van der Waals surface area contributed by atoms with Crippen molar-refractivity contribution in [3.05, 3.63) is 22.4 Å². The molecule has 0 radical (unpaired) electrons. The van der Waals surface area contributed by atoms with E-state index in [1.54, 1.807) is 11.3 Å². The van der Waals surface area contributed by atoms with Crippen LogP contribution in [-0.2, 0) is 6.42 Å². The summed E-state index contributed by atoms with van der Waals surface area (Å²) < 4.78 is 4.94. The third-order valence-corrected chi connectivity index (χ3v) is 3.18. The van der Waals surface area contributed by atoms with Gasteiger partial charge in [-0.05, 0) is 18.4 Å². The van der Waals surface area contributed by atoms with Crippen LogP contribution in [0.3, 0.4) is 0 Å². The smallest absolute Gasteiger partial charge is 0.322 e. The molecule has 0 amide bonds. The molecule has 1 unspecified atom stereocenters. The zero-order valence-corrected chi connectivity index (χ0v) is 11.1. The summed E-state index contributed by atoms with van der Waals surface area (Å²) in [7, 11) is 1.49. The minimum Gasteiger partial charge on any atom is -0.467 e. The van der Waals surface area contributed by atoms with Crippen molar-refractivity contribution in [2.24, 2.45) is 0 Å². The average Bonchev–Trinajstić information content (AvgIpc) is 2.80. The predicted molar refractivity (Wildman–Crippen MR) is 71.9 cm³/mol. The second-order valence-corrected chi connectivity index (χ2v) is 4.87. The summed E-state index contributed by atoms with van der Waals surface area (Å²) in [5, 5.41) is 5.24. The van der Waals surface area contributed by atoms with Crippen molar-refractivity contribution >= 4 is 23.2 Å². The summed E-state index contributed by atoms with van der Waals surface area (Å²) in [6.07, 6.45) is 0.908. The van der Waals surface area contributed by atoms with Gasteiger partial charge < -0.3 is 15.8 Å². The van der Waals surface area contributed by atoms with Crippen LogP contribution in [0.15, 0.2) is 17.5 Å². The monoisotopic (exact) mass is 265 g/mol. The normalized spacial score (nSPS) is 12.1. The fourth-order valence-electron chi connectivity index (χ4n) is 1.53. The lowest BCUT2D eigenvalue weighted by molar-refractivity contribution is 0.379. The molecule has 6 nitrogen and oxygen atoms in total. The summed E-state index contributed by atoms with van der Waals surface area (Å²) in [5.41, 5.74) is 5.57. The zero-order chi connectivity index (χ0) is 13.0. The summed E-state index contributed by atoms with van der Waals surface area (Å²) in [6.45, 7) is 2.06. The number of anilines is 2. The third-order valence-electron chi connectivity index (χ3n) is 2.28. The number of thiophene rings is 1. The van der Waals surface area contributed by atoms with Gasteiger partial charge in [0.15, 0.2) is 0 Å². The summed E-state index contributed by atoms with van der Waals surface area (Å²) >= 11 is 1.73. The lowest BCUT2D eigenvalue weighted by Gasteiger charge is -2.13. The highest BCUT2D eigenvalue weighted by Crippen LogP contribution is 2.14. The Balaban J connectivity index is 2.02. The molecule has 1 atom stereocenters. The number of ether oxygens (including phenoxy) is 1. The van der Waals surface area contributed by atoms with Crippen molar-refractivity contribution < 1.29 is 4.74 Å². The van der Waals surface area contributed by atoms with E-state index in [9.17, 15) is 0 Å². The van der Waals surface area contributed by atoms with E-state index in [0.717, 1.165) is 6.42 Å². The van der Waals surface area contributed by atoms with Crippen molar-refractivity contribution in [3.8, 4) is 6.01 Å². The fourth-order valence-corrected chi connectivity index (χ4v) is 2.37. The number of hydrogen-bond donors (Lipinski definition) is 2. The first-order valence-corrected chi connectivity index (χ1v) is 6.40. The van der Waals surface area contributed by atoms with E-state index in [1.165, 1.54) is 12.0 Å². The molecule has 0 spiro atoms. The van der Waals surface area contributed by atoms with Gasteiger partial charge in [0.2, 0.25) is 11.9 Å². The third kappa shape index (κ3) is 3.30. The van der Waals surface area contributed by atoms with Gasteiger partial charge in [-0.15, -0.1) is 11.3 Å². The number of nitrogens with one attached hydrogen (secondary N) is 1. The Bertz CT molecular complexity index is 502. The Morgan fingerprint density at radius 1 is 1.44 bits per heavy atom. The zero-order valence-electron chi connectivity index (χ0n) is 10.3. The van der Waals surface area contributed by atoms with Crippen LogP contribution in [0.2, 0.25) is 0 Å². The van der Waals surface area contributed by atoms with Crippen LogP contribution in [0.25, 0.3) is 0 Å². The predicted octanol–water partition coefficient (Wildman–Crippen LogP) is 1.57. The maximum atomic E-state index is 5.57. The molecule has 2 rings (SSSR count). The van der Waals surface area contributed by atoms with Crippen molar-refractivity contribution in [2.75, 3.05) is 18.2 Å². The van der Waals surface area contributed by atoms with Crippen molar-refractivity contribution in [1.82, 2.24) is 15.0 Å². The Hall–Kier alpha value is -1.89. The van der Waals surface area contributed by atoms with Crippen LogP contribution in [0.4, 0.5) is 11.9 Å². The van der Waals surface area contributed by atoms with E-state index < -0.39 is 0 Å². The van der Waals surface area contributed by atoms with E-state index in [1.807, 2.05) is 6.07 Å². The lowest BCUT2D eigenvalue weighted by Crippen LogP contribution is -2.20. The second-order valence-electron chi connectivity index (χ2n) is 3.83. The van der Waals surface area contributed by atoms with Gasteiger partial charge in [0.25, 0.3) is 0 Å². The van der Waals surface area contributed by atoms with Crippen LogP contribution in [0.1, 0.15) is 11.8 Å². The van der Waals surface area contributed by atoms with Gasteiger partial charge >= 0.3 is 6.01 Å². The summed E-state index contributed by atoms with van der Waals surface area (Å²) in [5.74, 6) is 0.580. The lowest BCUT2D eigenvalue weighted by atomic mass is 10.2. The van der Waals surface area contributed by atoms with Gasteiger partial charge in [-0.2, -0.15) is 15.0 Å². The van der Waals surface area contributed by atoms with Crippen LogP contribution in [0.5, 0.6) is 6.01 Å². The highest BCUT2D eigenvalue weighted by Gasteiger charge is 2.09. The minimum atomic E-state index is 0.146. The highest BCUT2D eigenvalue weighted by atomic mass is 32.1. The minimum absolute atomic E-state index is 0.146. The average molecular weight is 265 g/mol. The van der Waals surface area contributed by atoms with Crippen molar-refractivity contribution in [3.63, 3.8) is 0 Å².